The van der Waals surface area contributed by atoms with Crippen molar-refractivity contribution in [1.82, 2.24) is 40.6 Å². The topological polar surface area (TPSA) is 262 Å². The molecule has 4 aromatic rings. The van der Waals surface area contributed by atoms with Crippen LogP contribution in [0.3, 0.4) is 0 Å². The molecule has 84 heavy (non-hydrogen) atoms. The van der Waals surface area contributed by atoms with Crippen molar-refractivity contribution in [3.8, 4) is 12.8 Å². The van der Waals surface area contributed by atoms with Gasteiger partial charge in [0.25, 0.3) is 11.8 Å². The van der Waals surface area contributed by atoms with Gasteiger partial charge in [0.1, 0.15) is 17.3 Å². The van der Waals surface area contributed by atoms with Crippen LogP contribution in [0.15, 0.2) is 48.8 Å². The van der Waals surface area contributed by atoms with Crippen molar-refractivity contribution in [2.24, 2.45) is 17.6 Å². The van der Waals surface area contributed by atoms with Crippen LogP contribution in [0, 0.1) is 50.2 Å². The van der Waals surface area contributed by atoms with Crippen LogP contribution in [0.4, 0.5) is 37.7 Å². The Morgan fingerprint density at radius 2 is 1.10 bits per heavy atom. The zero-order valence-electron chi connectivity index (χ0n) is 42.0. The third kappa shape index (κ3) is 28.9. The molecule has 2 saturated carbocycles. The number of aryl methyl sites for hydroxylation is 2. The summed E-state index contributed by atoms with van der Waals surface area (Å²) in [5, 5.41) is 33.4. The Bertz CT molecular complexity index is 2760. The van der Waals surface area contributed by atoms with E-state index in [-0.39, 0.29) is 142 Å². The number of benzene rings is 2. The minimum atomic E-state index is -2.92. The minimum Gasteiger partial charge on any atom is -0.320 e. The van der Waals surface area contributed by atoms with E-state index in [1.807, 2.05) is 0 Å². The van der Waals surface area contributed by atoms with Gasteiger partial charge in [-0.05, 0) is 74.2 Å². The first-order chi connectivity index (χ1) is 37.3. The third-order valence-electron chi connectivity index (χ3n) is 11.9. The summed E-state index contributed by atoms with van der Waals surface area (Å²) in [4.78, 5) is 74.2. The van der Waals surface area contributed by atoms with E-state index < -0.39 is 77.5 Å². The number of carboxylic acids is 1. The van der Waals surface area contributed by atoms with E-state index in [2.05, 4.69) is 203 Å². The van der Waals surface area contributed by atoms with Gasteiger partial charge < -0.3 is 31.3 Å². The van der Waals surface area contributed by atoms with E-state index in [4.69, 9.17) is 10.8 Å². The molecule has 0 radical (unpaired) electrons. The molecule has 18 nitrogen and oxygen atoms in total. The Kier molecular flexibility index (Phi) is 45.0. The molecule has 39 heteroatoms. The Balaban J connectivity index is 0. The van der Waals surface area contributed by atoms with Crippen LogP contribution >= 0.6 is 207 Å². The number of aromatic nitrogens is 6. The number of terminal acetylenes is 1. The van der Waals surface area contributed by atoms with Crippen LogP contribution in [0.25, 0.3) is 0 Å². The van der Waals surface area contributed by atoms with Gasteiger partial charge in [-0.15, -0.1) is 12.8 Å². The number of aliphatic carboxylic acids is 1. The molecule has 2 aromatic carbocycles. The van der Waals surface area contributed by atoms with E-state index in [0.717, 1.165) is 4.90 Å². The maximum Gasteiger partial charge on any atom is 0.252 e. The van der Waals surface area contributed by atoms with Crippen molar-refractivity contribution >= 4 is 254 Å². The molecule has 7 N–H and O–H groups in total. The van der Waals surface area contributed by atoms with Gasteiger partial charge in [-0.3, -0.25) is 24.0 Å². The van der Waals surface area contributed by atoms with Gasteiger partial charge in [-0.2, -0.15) is 57.8 Å². The van der Waals surface area contributed by atoms with Gasteiger partial charge in [0.2, 0.25) is 23.5 Å². The first kappa shape index (κ1) is 89.1. The Labute approximate surface area is 602 Å². The number of nitrogens with two attached hydrogens (primary N) is 1. The molecule has 4 aliphatic rings. The number of H-pyrrole nitrogens is 2. The molecule has 2 aromatic heterocycles. The number of halogens is 19. The zero-order valence-corrected chi connectivity index (χ0v) is 72.1. The second-order valence-electron chi connectivity index (χ2n) is 17.6. The zero-order chi connectivity index (χ0) is 60.5. The smallest absolute Gasteiger partial charge is 0.252 e. The minimum absolute atomic E-state index is 0. The van der Waals surface area contributed by atoms with Crippen molar-refractivity contribution in [2.45, 2.75) is 96.4 Å². The number of aromatic amines is 2. The average Bonchev–Trinajstić information content (AvgIpc) is 4.24. The summed E-state index contributed by atoms with van der Waals surface area (Å²) in [7, 11) is -1.12. The van der Waals surface area contributed by atoms with E-state index in [1.165, 1.54) is 53.7 Å². The third-order valence-corrected chi connectivity index (χ3v) is 425. The molecule has 482 valence electrons. The molecular weight excluding hydrogens is 2630 g/mol. The summed E-state index contributed by atoms with van der Waals surface area (Å²) in [5.41, 5.74) is 5.81. The quantitative estimate of drug-likeness (QED) is 0.0335. The average molecular weight is 2690 g/mol. The number of nitrogens with one attached hydrogen (secondary N) is 4. The standard InChI is InChI=1S/C21H22F3N5O3.C14H15FN2O4.C6H8F2N4.C2H2.2CH4.I7.I6.2H2S/c1-12-6-14(2-3-15(12)22)26-18(31)13-4-5-29(9-13)19(32)16(30)7-20(10-21(23,24)11-20)17-8-25-28-27-17;1-8-6-10(2-3-11(8)15)16-12(18)9-4-5-17(7-9)13(19)14(20)21;7-6(8)2-5(9,3-6)4-1-10-12-11-4;1-2;;;1-5-7(4)6(2)3;1-5(2)6(3)4;;/h2-3,6,8,13H,4-5,7,9-11H2,1H3,(H,26,31)(H,25,27,28);2-3,6,9H,4-5,7H2,1H3,(H,16,18)(H,20,21);1H,2-3,9H2,(H,10,11,12);1-2H;2*1H4;;;2*1H2/q;;;;;;-1;;;/t13-;9-;;;;;;;;/m00......../s1. The second kappa shape index (κ2) is 42.5. The number of nitrogens with zero attached hydrogens (tertiary/aromatic N) is 6. The van der Waals surface area contributed by atoms with Gasteiger partial charge in [0.05, 0.1) is 35.5 Å². The fourth-order valence-corrected chi connectivity index (χ4v) is 218. The number of hydrogen-bond acceptors (Lipinski definition) is 11. The van der Waals surface area contributed by atoms with Crippen LogP contribution in [0.5, 0.6) is 0 Å². The second-order valence-corrected chi connectivity index (χ2v) is 229. The van der Waals surface area contributed by atoms with Crippen LogP contribution in [0.1, 0.15) is 82.3 Å². The van der Waals surface area contributed by atoms with E-state index in [0.29, 0.717) is 54.3 Å². The van der Waals surface area contributed by atoms with Crippen molar-refractivity contribution in [2.75, 3.05) is 36.8 Å². The number of hydrogen-bond donors (Lipinski definition) is 6. The maximum atomic E-state index is 13.6. The first-order valence-electron chi connectivity index (χ1n) is 22.1. The summed E-state index contributed by atoms with van der Waals surface area (Å²) in [5.74, 6) is -12.0. The molecule has 0 unspecified atom stereocenters. The van der Waals surface area contributed by atoms with E-state index in [1.54, 1.807) is 13.8 Å². The molecule has 4 fully saturated rings. The number of alkyl halides is 4. The molecule has 0 bridgehead atoms. The Morgan fingerprint density at radius 1 is 0.702 bits per heavy atom. The van der Waals surface area contributed by atoms with Crippen molar-refractivity contribution in [1.29, 1.82) is 0 Å². The van der Waals surface area contributed by atoms with Crippen LogP contribution < -0.4 is 29.6 Å². The molecule has 2 aliphatic carbocycles. The summed E-state index contributed by atoms with van der Waals surface area (Å²) in [6.45, 7) is 3.74. The van der Waals surface area contributed by atoms with Crippen LogP contribution in [-0.4, -0.2) is 119 Å². The van der Waals surface area contributed by atoms with Gasteiger partial charge >= 0.3 is 206 Å². The summed E-state index contributed by atoms with van der Waals surface area (Å²) >= 11 is 22.0. The first-order valence-corrected chi connectivity index (χ1v) is 91.3. The predicted molar refractivity (Wildman–Crippen MR) is 427 cm³/mol. The number of carbonyl (C=O) groups is 6. The van der Waals surface area contributed by atoms with Gasteiger partial charge in [0, 0.05) is 75.1 Å². The van der Waals surface area contributed by atoms with Crippen LogP contribution in [-0.2, 0) is 39.7 Å². The molecule has 4 heterocycles. The number of carbonyl (C=O) groups excluding carboxylic acids is 5. The number of anilines is 2. The Morgan fingerprint density at radius 3 is 1.40 bits per heavy atom. The number of likely N-dealkylation sites (tertiary alicyclic amines) is 2. The van der Waals surface area contributed by atoms with Gasteiger partial charge in [-0.1, -0.05) is 14.9 Å². The van der Waals surface area contributed by atoms with Crippen molar-refractivity contribution in [3.05, 3.63) is 82.9 Å². The molecular formula is C45H59F6I13N11O7S2-. The van der Waals surface area contributed by atoms with E-state index in [9.17, 15) is 55.1 Å². The fourth-order valence-electron chi connectivity index (χ4n) is 8.25. The fraction of sp³-hybridized carbons (Fsp3) is 0.467. The number of rotatable bonds is 12. The molecule has 0 spiro atoms. The molecule has 4 amide bonds. The summed E-state index contributed by atoms with van der Waals surface area (Å²) in [6, 6.07) is 8.44. The normalized spacial score (nSPS) is 18.2. The van der Waals surface area contributed by atoms with Crippen molar-refractivity contribution < 1.29 is 73.5 Å². The van der Waals surface area contributed by atoms with Gasteiger partial charge in [-0.25, -0.2) is 31.1 Å². The number of carboxylic acid groups (broad SMARTS) is 1. The SMILES string of the molecule is C.C.C#C.Cc1cc(NC(=O)[C@H]2CCN(C(=O)C(=O)CC3(c4cn[nH]n4)CC(F)(F)C3)C2)ccc1F.Cc1cc(NC(=O)[C@H]2CCN(C(=O)C(=O)O)C2)ccc1F.II(I)I(I)I.I[I-]I(I)I(I)I.NC1(c2cn[nH]n2)CC(F)(F)C1.S.S. The summed E-state index contributed by atoms with van der Waals surface area (Å²) < 4.78 is 78.7. The van der Waals surface area contributed by atoms with Gasteiger partial charge in [0.15, 0.2) is 0 Å². The predicted octanol–water partition coefficient (Wildman–Crippen LogP) is 13.1. The van der Waals surface area contributed by atoms with Crippen LogP contribution in [0.2, 0.25) is 0 Å². The molecule has 8 rings (SSSR count). The molecule has 2 saturated heterocycles. The molecule has 2 aliphatic heterocycles. The summed E-state index contributed by atoms with van der Waals surface area (Å²) in [6.07, 6.45) is 9.22. The number of amides is 4. The number of ketones is 1. The number of Topliss-reactive ketones (excluding diaryl/α,β-unsaturated/α-hetero) is 1. The largest absolute Gasteiger partial charge is 0.320 e. The van der Waals surface area contributed by atoms with E-state index >= 15 is 0 Å². The Hall–Kier alpha value is 3.03. The van der Waals surface area contributed by atoms with Crippen molar-refractivity contribution in [3.63, 3.8) is 0 Å². The maximum absolute atomic E-state index is 13.6. The molecule has 2 atom stereocenters. The monoisotopic (exact) mass is 2690 g/mol.